The zero-order chi connectivity index (χ0) is 45.2. The Kier molecular flexibility index (Phi) is 12.4. The van der Waals surface area contributed by atoms with Gasteiger partial charge in [-0.25, -0.2) is 19.2 Å². The molecule has 1 aliphatic rings. The minimum absolute atomic E-state index is 0.503. The van der Waals surface area contributed by atoms with Gasteiger partial charge in [0.15, 0.2) is 69.3 Å². The van der Waals surface area contributed by atoms with Crippen molar-refractivity contribution in [1.29, 1.82) is 0 Å². The van der Waals surface area contributed by atoms with Gasteiger partial charge in [-0.15, -0.1) is 0 Å². The molecule has 0 aliphatic carbocycles. The molecule has 0 bridgehead atoms. The molecule has 324 valence electrons. The Morgan fingerprint density at radius 1 is 0.525 bits per heavy atom. The number of phenols is 12. The second-order valence-electron chi connectivity index (χ2n) is 12.7. The summed E-state index contributed by atoms with van der Waals surface area (Å²) < 4.78 is 31.5. The summed E-state index contributed by atoms with van der Waals surface area (Å²) in [5.41, 5.74) is -3.70. The molecule has 5 unspecified atom stereocenters. The van der Waals surface area contributed by atoms with Gasteiger partial charge in [-0.3, -0.25) is 4.79 Å². The molecule has 4 aromatic carbocycles. The molecule has 0 spiro atoms. The van der Waals surface area contributed by atoms with Crippen molar-refractivity contribution in [3.8, 4) is 69.0 Å². The fourth-order valence-corrected chi connectivity index (χ4v) is 5.60. The van der Waals surface area contributed by atoms with Crippen LogP contribution in [0.5, 0.6) is 69.0 Å². The van der Waals surface area contributed by atoms with Gasteiger partial charge in [0.25, 0.3) is 0 Å². The van der Waals surface area contributed by atoms with E-state index < -0.39 is 170 Å². The number of ether oxygens (including phenoxy) is 6. The lowest BCUT2D eigenvalue weighted by Crippen LogP contribution is -2.62. The van der Waals surface area contributed by atoms with E-state index in [1.807, 2.05) is 0 Å². The van der Waals surface area contributed by atoms with Crippen LogP contribution in [-0.2, 0) is 39.6 Å². The summed E-state index contributed by atoms with van der Waals surface area (Å²) >= 11 is 0. The first-order chi connectivity index (χ1) is 28.6. The van der Waals surface area contributed by atoms with Crippen LogP contribution in [0.25, 0.3) is 0 Å². The Hall–Kier alpha value is -8.25. The minimum atomic E-state index is -2.47. The topological polar surface area (TPSA) is 404 Å². The Morgan fingerprint density at radius 2 is 0.934 bits per heavy atom. The van der Waals surface area contributed by atoms with Crippen molar-refractivity contribution < 1.29 is 119 Å². The number of benzene rings is 4. The number of aliphatic hydroxyl groups excluding tert-OH is 1. The number of phenolic OH excluding ortho intramolecular Hbond substituents is 12. The fraction of sp³-hybridized carbons (Fsp3) is 0.216. The quantitative estimate of drug-likeness (QED) is 0.0552. The van der Waals surface area contributed by atoms with Crippen molar-refractivity contribution in [2.45, 2.75) is 37.1 Å². The maximum absolute atomic E-state index is 13.9. The highest BCUT2D eigenvalue weighted by Crippen LogP contribution is 2.42. The molecule has 1 fully saturated rings. The summed E-state index contributed by atoms with van der Waals surface area (Å²) in [6.45, 7) is -1.12. The summed E-state index contributed by atoms with van der Waals surface area (Å²) in [6.07, 6.45) is -12.6. The third-order valence-corrected chi connectivity index (χ3v) is 8.75. The van der Waals surface area contributed by atoms with E-state index in [0.29, 0.717) is 42.5 Å². The van der Waals surface area contributed by atoms with Crippen molar-refractivity contribution in [3.63, 3.8) is 0 Å². The first kappa shape index (κ1) is 43.9. The molecule has 0 saturated carbocycles. The predicted molar refractivity (Wildman–Crippen MR) is 190 cm³/mol. The molecule has 4 aromatic rings. The van der Waals surface area contributed by atoms with Gasteiger partial charge in [0.1, 0.15) is 18.8 Å². The van der Waals surface area contributed by atoms with Crippen LogP contribution in [0.1, 0.15) is 47.0 Å². The van der Waals surface area contributed by atoms with Gasteiger partial charge < -0.3 is 94.8 Å². The van der Waals surface area contributed by atoms with E-state index in [1.54, 1.807) is 0 Å². The maximum Gasteiger partial charge on any atom is 0.340 e. The molecule has 61 heavy (non-hydrogen) atoms. The van der Waals surface area contributed by atoms with E-state index in [0.717, 1.165) is 7.11 Å². The van der Waals surface area contributed by atoms with Crippen LogP contribution in [-0.4, -0.2) is 141 Å². The summed E-state index contributed by atoms with van der Waals surface area (Å²) in [5, 5.41) is 131. The zero-order valence-corrected chi connectivity index (χ0v) is 30.6. The number of carbonyl (C=O) groups is 5. The van der Waals surface area contributed by atoms with E-state index in [4.69, 9.17) is 23.7 Å². The van der Waals surface area contributed by atoms with E-state index in [9.17, 15) is 90.4 Å². The number of hydrogen-bond acceptors (Lipinski definition) is 24. The first-order valence-electron chi connectivity index (χ1n) is 16.8. The first-order valence-corrected chi connectivity index (χ1v) is 16.8. The van der Waals surface area contributed by atoms with E-state index in [-0.39, 0.29) is 0 Å². The molecule has 24 nitrogen and oxygen atoms in total. The molecular formula is C37H32O24. The van der Waals surface area contributed by atoms with Gasteiger partial charge in [-0.2, -0.15) is 0 Å². The molecule has 24 heteroatoms. The standard InChI is InChI=1S/C37H32O24/c1-56-24(45)9-14-15(8-22(44)29(50)25(14)46)36(55)60-32-31(59-34(53)12-4-18(40)27(48)19(41)5-12)30(51)23(10-57-33(52)11-2-16(38)26(47)17(39)3-11)58-37(32)61-35(54)13-6-20(42)28(49)21(43)7-13/h2-8,23,30-32,37-44,46-51H,9-10H2,1H3. The van der Waals surface area contributed by atoms with Crippen LogP contribution in [0.15, 0.2) is 42.5 Å². The molecule has 1 heterocycles. The molecule has 5 atom stereocenters. The summed E-state index contributed by atoms with van der Waals surface area (Å²) in [7, 11) is 0.920. The van der Waals surface area contributed by atoms with Crippen molar-refractivity contribution in [1.82, 2.24) is 0 Å². The van der Waals surface area contributed by atoms with Gasteiger partial charge in [0, 0.05) is 5.56 Å². The zero-order valence-electron chi connectivity index (χ0n) is 30.6. The van der Waals surface area contributed by atoms with Crippen LogP contribution >= 0.6 is 0 Å². The molecule has 0 amide bonds. The molecule has 1 saturated heterocycles. The van der Waals surface area contributed by atoms with Crippen molar-refractivity contribution in [2.24, 2.45) is 0 Å². The Bertz CT molecular complexity index is 2360. The Balaban J connectivity index is 1.61. The predicted octanol–water partition coefficient (Wildman–Crippen LogP) is 0.420. The van der Waals surface area contributed by atoms with Crippen LogP contribution < -0.4 is 0 Å². The van der Waals surface area contributed by atoms with Crippen LogP contribution in [0, 0.1) is 0 Å². The van der Waals surface area contributed by atoms with E-state index in [2.05, 4.69) is 4.74 Å². The van der Waals surface area contributed by atoms with E-state index in [1.165, 1.54) is 0 Å². The highest BCUT2D eigenvalue weighted by atomic mass is 16.7. The van der Waals surface area contributed by atoms with Crippen LogP contribution in [0.3, 0.4) is 0 Å². The fourth-order valence-electron chi connectivity index (χ4n) is 5.60. The number of esters is 5. The van der Waals surface area contributed by atoms with E-state index >= 15 is 0 Å². The number of methoxy groups -OCH3 is 1. The highest BCUT2D eigenvalue weighted by molar-refractivity contribution is 5.96. The molecule has 5 rings (SSSR count). The van der Waals surface area contributed by atoms with Crippen molar-refractivity contribution >= 4 is 29.8 Å². The number of aliphatic hydroxyl groups is 1. The Morgan fingerprint density at radius 3 is 1.39 bits per heavy atom. The molecular weight excluding hydrogens is 828 g/mol. The number of hydrogen-bond donors (Lipinski definition) is 13. The lowest BCUT2D eigenvalue weighted by molar-refractivity contribution is -0.283. The monoisotopic (exact) mass is 860 g/mol. The molecule has 0 aromatic heterocycles. The molecule has 1 aliphatic heterocycles. The van der Waals surface area contributed by atoms with Gasteiger partial charge in [0.05, 0.1) is 35.8 Å². The van der Waals surface area contributed by atoms with Crippen LogP contribution in [0.4, 0.5) is 0 Å². The smallest absolute Gasteiger partial charge is 0.340 e. The SMILES string of the molecule is COC(=O)Cc1c(C(=O)OC2C(OC(=O)c3cc(O)c(O)c(O)c3)OC(COC(=O)c3cc(O)c(O)c(O)c3)C(O)C2OC(=O)c2cc(O)c(O)c(O)c2)cc(O)c(O)c1O. The minimum Gasteiger partial charge on any atom is -0.504 e. The summed E-state index contributed by atoms with van der Waals surface area (Å²) in [6, 6.07) is 4.16. The summed E-state index contributed by atoms with van der Waals surface area (Å²) in [4.78, 5) is 66.0. The van der Waals surface area contributed by atoms with Crippen molar-refractivity contribution in [2.75, 3.05) is 13.7 Å². The average Bonchev–Trinajstić information content (AvgIpc) is 3.21. The van der Waals surface area contributed by atoms with Crippen molar-refractivity contribution in [3.05, 3.63) is 70.3 Å². The maximum atomic E-state index is 13.9. The average molecular weight is 861 g/mol. The summed E-state index contributed by atoms with van der Waals surface area (Å²) in [5.74, 6) is -20.2. The lowest BCUT2D eigenvalue weighted by atomic mass is 9.97. The largest absolute Gasteiger partial charge is 0.504 e. The molecule has 0 radical (unpaired) electrons. The second kappa shape index (κ2) is 17.3. The molecule has 13 N–H and O–H groups in total. The van der Waals surface area contributed by atoms with Gasteiger partial charge in [-0.05, 0) is 42.5 Å². The third-order valence-electron chi connectivity index (χ3n) is 8.75. The Labute approximate surface area is 338 Å². The highest BCUT2D eigenvalue weighted by Gasteiger charge is 2.52. The normalized spacial score (nSPS) is 18.4. The lowest BCUT2D eigenvalue weighted by Gasteiger charge is -2.42. The number of aromatic hydroxyl groups is 12. The van der Waals surface area contributed by atoms with Gasteiger partial charge >= 0.3 is 29.8 Å². The van der Waals surface area contributed by atoms with Crippen LogP contribution in [0.2, 0.25) is 0 Å². The number of carbonyl (C=O) groups excluding carboxylic acids is 5. The number of rotatable bonds is 11. The van der Waals surface area contributed by atoms with Gasteiger partial charge in [0.2, 0.25) is 18.1 Å². The van der Waals surface area contributed by atoms with Gasteiger partial charge in [-0.1, -0.05) is 0 Å². The second-order valence-corrected chi connectivity index (χ2v) is 12.7. The third kappa shape index (κ3) is 9.08.